The van der Waals surface area contributed by atoms with Crippen molar-refractivity contribution in [3.8, 4) is 11.5 Å². The van der Waals surface area contributed by atoms with Crippen LogP contribution in [0.5, 0.6) is 11.5 Å². The molecule has 0 spiro atoms. The molecule has 0 radical (unpaired) electrons. The van der Waals surface area contributed by atoms with Crippen molar-refractivity contribution in [3.63, 3.8) is 0 Å². The number of aromatic nitrogens is 2. The predicted octanol–water partition coefficient (Wildman–Crippen LogP) is 5.69. The SMILES string of the molecule is COc1ccc(OC)c(S(=O)(=O)NCC2CCC(CNc3nc(NC(C)(C)C)c4ccccc4n3)CC2)c1.O=C(O)C(F)(F)F. The van der Waals surface area contributed by atoms with Gasteiger partial charge in [-0.05, 0) is 82.6 Å². The van der Waals surface area contributed by atoms with Crippen molar-refractivity contribution < 1.29 is 41.0 Å². The van der Waals surface area contributed by atoms with Crippen LogP contribution in [0.25, 0.3) is 10.9 Å². The second-order valence-corrected chi connectivity index (χ2v) is 13.5. The van der Waals surface area contributed by atoms with Gasteiger partial charge in [-0.1, -0.05) is 12.1 Å². The number of aliphatic carboxylic acids is 1. The molecule has 0 unspecified atom stereocenters. The van der Waals surface area contributed by atoms with Gasteiger partial charge in [-0.25, -0.2) is 22.9 Å². The molecule has 1 aromatic heterocycles. The maximum Gasteiger partial charge on any atom is 0.490 e. The third-order valence-corrected chi connectivity index (χ3v) is 8.52. The zero-order chi connectivity index (χ0) is 33.4. The average molecular weight is 656 g/mol. The van der Waals surface area contributed by atoms with E-state index >= 15 is 0 Å². The predicted molar refractivity (Wildman–Crippen MR) is 165 cm³/mol. The number of anilines is 2. The number of rotatable bonds is 10. The molecule has 4 rings (SSSR count). The lowest BCUT2D eigenvalue weighted by Gasteiger charge is -2.29. The van der Waals surface area contributed by atoms with Crippen molar-refractivity contribution >= 4 is 38.7 Å². The van der Waals surface area contributed by atoms with Gasteiger partial charge in [0.05, 0.1) is 19.7 Å². The van der Waals surface area contributed by atoms with E-state index in [2.05, 4.69) is 36.1 Å². The van der Waals surface area contributed by atoms with Crippen molar-refractivity contribution in [1.29, 1.82) is 0 Å². The van der Waals surface area contributed by atoms with Crippen molar-refractivity contribution in [1.82, 2.24) is 14.7 Å². The van der Waals surface area contributed by atoms with Crippen LogP contribution < -0.4 is 24.8 Å². The minimum atomic E-state index is -5.08. The summed E-state index contributed by atoms with van der Waals surface area (Å²) in [7, 11) is -0.754. The number of fused-ring (bicyclic) bond motifs is 1. The zero-order valence-corrected chi connectivity index (χ0v) is 26.7. The summed E-state index contributed by atoms with van der Waals surface area (Å²) in [6.07, 6.45) is -1.13. The number of alkyl halides is 3. The van der Waals surface area contributed by atoms with Gasteiger partial charge in [0, 0.05) is 30.1 Å². The number of hydrogen-bond donors (Lipinski definition) is 4. The van der Waals surface area contributed by atoms with E-state index in [9.17, 15) is 21.6 Å². The van der Waals surface area contributed by atoms with Crippen LogP contribution in [-0.2, 0) is 14.8 Å². The number of carboxylic acids is 1. The van der Waals surface area contributed by atoms with Gasteiger partial charge in [-0.15, -0.1) is 0 Å². The Balaban J connectivity index is 0.000000707. The molecule has 3 aromatic rings. The number of hydrogen-bond acceptors (Lipinski definition) is 9. The second-order valence-electron chi connectivity index (χ2n) is 11.7. The molecule has 0 bridgehead atoms. The highest BCUT2D eigenvalue weighted by Crippen LogP contribution is 2.31. The van der Waals surface area contributed by atoms with Gasteiger partial charge < -0.3 is 25.2 Å². The molecular weight excluding hydrogens is 615 g/mol. The molecule has 1 aliphatic rings. The number of ether oxygens (including phenoxy) is 2. The first-order chi connectivity index (χ1) is 21.0. The Kier molecular flexibility index (Phi) is 11.8. The van der Waals surface area contributed by atoms with Crippen LogP contribution in [0.1, 0.15) is 46.5 Å². The molecule has 1 aliphatic carbocycles. The van der Waals surface area contributed by atoms with E-state index in [-0.39, 0.29) is 16.4 Å². The number of carboxylic acid groups (broad SMARTS) is 1. The van der Waals surface area contributed by atoms with Gasteiger partial charge in [-0.3, -0.25) is 0 Å². The van der Waals surface area contributed by atoms with Crippen molar-refractivity contribution in [3.05, 3.63) is 42.5 Å². The van der Waals surface area contributed by atoms with Crippen LogP contribution in [0.4, 0.5) is 24.9 Å². The smallest absolute Gasteiger partial charge is 0.490 e. The van der Waals surface area contributed by atoms with E-state index in [0.717, 1.165) is 48.9 Å². The van der Waals surface area contributed by atoms with Crippen LogP contribution in [0.15, 0.2) is 47.4 Å². The van der Waals surface area contributed by atoms with E-state index in [4.69, 9.17) is 29.3 Å². The van der Waals surface area contributed by atoms with Gasteiger partial charge in [0.1, 0.15) is 22.2 Å². The highest BCUT2D eigenvalue weighted by molar-refractivity contribution is 7.89. The molecule has 1 fully saturated rings. The highest BCUT2D eigenvalue weighted by atomic mass is 32.2. The minimum Gasteiger partial charge on any atom is -0.497 e. The Morgan fingerprint density at radius 1 is 0.956 bits per heavy atom. The van der Waals surface area contributed by atoms with Crippen molar-refractivity contribution in [2.45, 2.75) is 63.1 Å². The lowest BCUT2D eigenvalue weighted by Crippen LogP contribution is -2.32. The Labute approximate surface area is 261 Å². The summed E-state index contributed by atoms with van der Waals surface area (Å²) in [5, 5.41) is 15.1. The highest BCUT2D eigenvalue weighted by Gasteiger charge is 2.38. The van der Waals surface area contributed by atoms with Crippen LogP contribution >= 0.6 is 0 Å². The summed E-state index contributed by atoms with van der Waals surface area (Å²) in [5.41, 5.74) is 0.784. The van der Waals surface area contributed by atoms with E-state index in [1.807, 2.05) is 24.3 Å². The average Bonchev–Trinajstić information content (AvgIpc) is 2.98. The van der Waals surface area contributed by atoms with Gasteiger partial charge in [0.15, 0.2) is 0 Å². The molecule has 0 amide bonds. The topological polar surface area (TPSA) is 152 Å². The van der Waals surface area contributed by atoms with E-state index in [1.165, 1.54) is 20.3 Å². The van der Waals surface area contributed by atoms with Gasteiger partial charge >= 0.3 is 12.1 Å². The molecule has 0 atom stereocenters. The Morgan fingerprint density at radius 3 is 2.11 bits per heavy atom. The first kappa shape index (κ1) is 35.6. The lowest BCUT2D eigenvalue weighted by molar-refractivity contribution is -0.192. The number of methoxy groups -OCH3 is 2. The van der Waals surface area contributed by atoms with E-state index < -0.39 is 22.2 Å². The van der Waals surface area contributed by atoms with Crippen LogP contribution in [-0.4, -0.2) is 68.5 Å². The number of para-hydroxylation sites is 1. The van der Waals surface area contributed by atoms with Crippen LogP contribution in [0, 0.1) is 11.8 Å². The molecule has 248 valence electrons. The zero-order valence-electron chi connectivity index (χ0n) is 25.9. The first-order valence-corrected chi connectivity index (χ1v) is 15.8. The fourth-order valence-corrected chi connectivity index (χ4v) is 6.08. The molecule has 11 nitrogen and oxygen atoms in total. The van der Waals surface area contributed by atoms with Gasteiger partial charge in [0.25, 0.3) is 0 Å². The van der Waals surface area contributed by atoms with Crippen LogP contribution in [0.2, 0.25) is 0 Å². The molecule has 1 heterocycles. The first-order valence-electron chi connectivity index (χ1n) is 14.3. The number of carbonyl (C=O) groups is 1. The fourth-order valence-electron chi connectivity index (χ4n) is 4.78. The van der Waals surface area contributed by atoms with Gasteiger partial charge in [0.2, 0.25) is 16.0 Å². The van der Waals surface area contributed by atoms with Gasteiger partial charge in [-0.2, -0.15) is 18.2 Å². The molecule has 15 heteroatoms. The summed E-state index contributed by atoms with van der Waals surface area (Å²) in [5.74, 6) is 0.229. The summed E-state index contributed by atoms with van der Waals surface area (Å²) in [6, 6.07) is 12.8. The van der Waals surface area contributed by atoms with Crippen molar-refractivity contribution in [2.24, 2.45) is 11.8 Å². The summed E-state index contributed by atoms with van der Waals surface area (Å²) < 4.78 is 70.9. The molecule has 1 saturated carbocycles. The summed E-state index contributed by atoms with van der Waals surface area (Å²) in [4.78, 5) is 18.5. The minimum absolute atomic E-state index is 0.0907. The Hall–Kier alpha value is -3.85. The Bertz CT molecular complexity index is 1560. The van der Waals surface area contributed by atoms with E-state index in [0.29, 0.717) is 29.9 Å². The summed E-state index contributed by atoms with van der Waals surface area (Å²) in [6.45, 7) is 7.53. The molecule has 0 saturated heterocycles. The molecule has 4 N–H and O–H groups in total. The number of nitrogens with one attached hydrogen (secondary N) is 3. The maximum absolute atomic E-state index is 13.0. The van der Waals surface area contributed by atoms with E-state index in [1.54, 1.807) is 12.1 Å². The quantitative estimate of drug-likeness (QED) is 0.215. The molecule has 0 aliphatic heterocycles. The molecule has 45 heavy (non-hydrogen) atoms. The second kappa shape index (κ2) is 15.0. The Morgan fingerprint density at radius 2 is 1.56 bits per heavy atom. The monoisotopic (exact) mass is 655 g/mol. The largest absolute Gasteiger partial charge is 0.497 e. The van der Waals surface area contributed by atoms with Crippen LogP contribution in [0.3, 0.4) is 0 Å². The standard InChI is InChI=1S/C28H39N5O4S.C2HF3O2/c1-28(2,3)33-26-22-8-6-7-9-23(22)31-27(32-26)29-17-19-10-12-20(13-11-19)18-30-38(34,35)25-16-21(36-4)14-15-24(25)37-5;3-2(4,5)1(6)7/h6-9,14-16,19-20,30H,10-13,17-18H2,1-5H3,(H2,29,31,32,33);(H,6,7). The number of halogens is 3. The fraction of sp³-hybridized carbons (Fsp3) is 0.500. The lowest BCUT2D eigenvalue weighted by atomic mass is 9.82. The number of benzene rings is 2. The maximum atomic E-state index is 13.0. The molecular formula is C30H40F3N5O6S. The third-order valence-electron chi connectivity index (χ3n) is 7.08. The number of nitrogens with zero attached hydrogens (tertiary/aromatic N) is 2. The van der Waals surface area contributed by atoms with Crippen molar-refractivity contribution in [2.75, 3.05) is 37.9 Å². The normalized spacial score (nSPS) is 17.2. The third kappa shape index (κ3) is 10.6. The molecule has 2 aromatic carbocycles. The number of sulfonamides is 1. The summed E-state index contributed by atoms with van der Waals surface area (Å²) >= 11 is 0.